The van der Waals surface area contributed by atoms with E-state index in [-0.39, 0.29) is 12.3 Å². The zero-order valence-electron chi connectivity index (χ0n) is 19.9. The second-order valence-corrected chi connectivity index (χ2v) is 9.85. The van der Waals surface area contributed by atoms with Gasteiger partial charge in [0.2, 0.25) is 5.91 Å². The lowest BCUT2D eigenvalue weighted by Gasteiger charge is -2.36. The van der Waals surface area contributed by atoms with Crippen molar-refractivity contribution in [1.29, 1.82) is 0 Å². The predicted molar refractivity (Wildman–Crippen MR) is 143 cm³/mol. The third-order valence-electron chi connectivity index (χ3n) is 6.32. The van der Waals surface area contributed by atoms with E-state index >= 15 is 0 Å². The number of aromatic amines is 1. The highest BCUT2D eigenvalue weighted by Crippen LogP contribution is 2.44. The molecule has 0 spiro atoms. The fourth-order valence-corrected chi connectivity index (χ4v) is 5.69. The molecular weight excluding hydrogens is 496 g/mol. The minimum atomic E-state index is -0.470. The number of benzene rings is 2. The Balaban J connectivity index is 1.32. The molecule has 2 aliphatic heterocycles. The van der Waals surface area contributed by atoms with Crippen LogP contribution in [0.3, 0.4) is 0 Å². The molecule has 0 aliphatic carbocycles. The average molecular weight is 521 g/mol. The van der Waals surface area contributed by atoms with Crippen LogP contribution in [0.2, 0.25) is 5.02 Å². The van der Waals surface area contributed by atoms with Gasteiger partial charge in [0.15, 0.2) is 5.17 Å². The summed E-state index contributed by atoms with van der Waals surface area (Å²) in [6.07, 6.45) is 2.88. The first-order chi connectivity index (χ1) is 17.5. The Hall–Kier alpha value is -3.49. The van der Waals surface area contributed by atoms with Crippen LogP contribution >= 0.6 is 23.4 Å². The number of aliphatic imine (C=N–C) groups is 1. The van der Waals surface area contributed by atoms with E-state index in [9.17, 15) is 9.59 Å². The average Bonchev–Trinajstić information content (AvgIpc) is 3.47. The first kappa shape index (κ1) is 24.2. The van der Waals surface area contributed by atoms with E-state index in [1.807, 2.05) is 46.8 Å². The van der Waals surface area contributed by atoms with Crippen molar-refractivity contribution in [2.45, 2.75) is 25.8 Å². The summed E-state index contributed by atoms with van der Waals surface area (Å²) in [5.74, 6) is -0.543. The van der Waals surface area contributed by atoms with E-state index in [0.29, 0.717) is 22.8 Å². The van der Waals surface area contributed by atoms with E-state index in [1.54, 1.807) is 19.1 Å². The Labute approximate surface area is 218 Å². The number of carbonyl (C=O) groups is 2. The molecule has 0 bridgehead atoms. The van der Waals surface area contributed by atoms with Crippen molar-refractivity contribution in [3.63, 3.8) is 0 Å². The Bertz CT molecular complexity index is 1420. The van der Waals surface area contributed by atoms with Gasteiger partial charge < -0.3 is 19.9 Å². The van der Waals surface area contributed by atoms with Gasteiger partial charge in [-0.25, -0.2) is 9.79 Å². The van der Waals surface area contributed by atoms with Crippen molar-refractivity contribution in [3.8, 4) is 0 Å². The van der Waals surface area contributed by atoms with Gasteiger partial charge in [0.1, 0.15) is 0 Å². The molecule has 1 aromatic heterocycles. The first-order valence-electron chi connectivity index (χ1n) is 11.6. The molecule has 5 rings (SSSR count). The second kappa shape index (κ2) is 10.2. The number of esters is 1. The molecule has 7 nitrogen and oxygen atoms in total. The molecule has 0 saturated carbocycles. The topological polar surface area (TPSA) is 86.8 Å². The monoisotopic (exact) mass is 520 g/mol. The number of halogens is 1. The van der Waals surface area contributed by atoms with Crippen LogP contribution in [0.4, 0.5) is 0 Å². The molecule has 3 aromatic rings. The third kappa shape index (κ3) is 4.66. The molecule has 0 fully saturated rings. The van der Waals surface area contributed by atoms with Crippen molar-refractivity contribution in [2.75, 3.05) is 13.7 Å². The number of methoxy groups -OCH3 is 1. The molecule has 2 aliphatic rings. The van der Waals surface area contributed by atoms with Crippen LogP contribution < -0.4 is 5.32 Å². The molecule has 184 valence electrons. The number of H-pyrrole nitrogens is 1. The fraction of sp³-hybridized carbons (Fsp3) is 0.222. The van der Waals surface area contributed by atoms with Gasteiger partial charge in [-0.3, -0.25) is 4.79 Å². The summed E-state index contributed by atoms with van der Waals surface area (Å²) >= 11 is 7.56. The largest absolute Gasteiger partial charge is 0.466 e. The number of allylic oxidation sites excluding steroid dienone is 1. The van der Waals surface area contributed by atoms with Gasteiger partial charge in [-0.15, -0.1) is 0 Å². The number of fused-ring (bicyclic) bond motifs is 2. The van der Waals surface area contributed by atoms with Gasteiger partial charge in [0, 0.05) is 34.4 Å². The number of para-hydroxylation sites is 1. The van der Waals surface area contributed by atoms with E-state index in [2.05, 4.69) is 21.4 Å². The number of amidine groups is 1. The van der Waals surface area contributed by atoms with Gasteiger partial charge in [-0.05, 0) is 48.1 Å². The number of thioether (sulfide) groups is 1. The Morgan fingerprint density at radius 1 is 1.19 bits per heavy atom. The molecule has 1 atom stereocenters. The fourth-order valence-electron chi connectivity index (χ4n) is 4.60. The second-order valence-electron chi connectivity index (χ2n) is 8.57. The highest BCUT2D eigenvalue weighted by atomic mass is 35.5. The van der Waals surface area contributed by atoms with Crippen LogP contribution in [-0.4, -0.2) is 40.6 Å². The van der Waals surface area contributed by atoms with Crippen molar-refractivity contribution in [3.05, 3.63) is 93.3 Å². The Morgan fingerprint density at radius 3 is 2.75 bits per heavy atom. The van der Waals surface area contributed by atoms with Gasteiger partial charge in [-0.2, -0.15) is 0 Å². The number of nitrogens with zero attached hydrogens (tertiary/aromatic N) is 2. The Morgan fingerprint density at radius 2 is 1.97 bits per heavy atom. The zero-order chi connectivity index (χ0) is 25.2. The van der Waals surface area contributed by atoms with E-state index in [1.165, 1.54) is 24.3 Å². The molecule has 0 saturated heterocycles. The summed E-state index contributed by atoms with van der Waals surface area (Å²) in [4.78, 5) is 35.6. The molecule has 1 amide bonds. The molecular formula is C27H25ClN4O3S. The quantitative estimate of drug-likeness (QED) is 0.412. The molecule has 3 heterocycles. The molecule has 9 heteroatoms. The number of aromatic nitrogens is 1. The number of carbonyl (C=O) groups excluding carboxylic acids is 2. The Kier molecular flexibility index (Phi) is 6.89. The molecule has 36 heavy (non-hydrogen) atoms. The highest BCUT2D eigenvalue weighted by Gasteiger charge is 2.40. The van der Waals surface area contributed by atoms with E-state index in [4.69, 9.17) is 16.3 Å². The number of ether oxygens (including phenoxy) is 1. The van der Waals surface area contributed by atoms with Crippen LogP contribution in [0.1, 0.15) is 30.5 Å². The predicted octanol–water partition coefficient (Wildman–Crippen LogP) is 5.32. The van der Waals surface area contributed by atoms with Gasteiger partial charge >= 0.3 is 5.97 Å². The third-order valence-corrected chi connectivity index (χ3v) is 7.47. The minimum absolute atomic E-state index is 0.0938. The minimum Gasteiger partial charge on any atom is -0.466 e. The van der Waals surface area contributed by atoms with Crippen LogP contribution in [0.15, 0.2) is 82.1 Å². The van der Waals surface area contributed by atoms with Crippen molar-refractivity contribution in [2.24, 2.45) is 4.99 Å². The maximum Gasteiger partial charge on any atom is 0.338 e. The van der Waals surface area contributed by atoms with Crippen LogP contribution in [-0.2, 0) is 20.7 Å². The number of hydrogen-bond donors (Lipinski definition) is 2. The van der Waals surface area contributed by atoms with Crippen LogP contribution in [0.5, 0.6) is 0 Å². The maximum absolute atomic E-state index is 12.9. The number of amides is 1. The normalized spacial score (nSPS) is 17.1. The standard InChI is InChI=1S/C27H25ClN4O3S/c1-16-24(26(34)35-2)25(17-7-9-19(28)10-8-17)32-20(15-36-27(32)31-16)13-23(33)29-12-11-18-14-30-22-6-4-3-5-21(18)22/h3-10,14-15,25,30H,11-13H2,1-2H3,(H,29,33)/t25-/m1/s1. The van der Waals surface area contributed by atoms with Crippen molar-refractivity contribution < 1.29 is 14.3 Å². The molecule has 0 unspecified atom stereocenters. The summed E-state index contributed by atoms with van der Waals surface area (Å²) in [7, 11) is 1.36. The summed E-state index contributed by atoms with van der Waals surface area (Å²) in [5.41, 5.74) is 4.92. The maximum atomic E-state index is 12.9. The summed E-state index contributed by atoms with van der Waals surface area (Å²) in [6, 6.07) is 15.0. The SMILES string of the molecule is COC(=O)C1=C(C)N=C2SC=C(CC(=O)NCCc3c[nH]c4ccccc34)N2[C@@H]1c1ccc(Cl)cc1. The molecule has 2 aromatic carbocycles. The van der Waals surface area contributed by atoms with Crippen molar-refractivity contribution in [1.82, 2.24) is 15.2 Å². The first-order valence-corrected chi connectivity index (χ1v) is 12.8. The van der Waals surface area contributed by atoms with Gasteiger partial charge in [0.05, 0.1) is 30.8 Å². The van der Waals surface area contributed by atoms with Crippen molar-refractivity contribution >= 4 is 51.3 Å². The summed E-state index contributed by atoms with van der Waals surface area (Å²) in [5, 5.41) is 7.45. The zero-order valence-corrected chi connectivity index (χ0v) is 21.4. The van der Waals surface area contributed by atoms with Crippen LogP contribution in [0, 0.1) is 0 Å². The number of nitrogens with one attached hydrogen (secondary N) is 2. The molecule has 2 N–H and O–H groups in total. The summed E-state index contributed by atoms with van der Waals surface area (Å²) in [6.45, 7) is 2.32. The lowest BCUT2D eigenvalue weighted by molar-refractivity contribution is -0.136. The molecule has 0 radical (unpaired) electrons. The lowest BCUT2D eigenvalue weighted by atomic mass is 9.94. The van der Waals surface area contributed by atoms with E-state index in [0.717, 1.165) is 33.9 Å². The van der Waals surface area contributed by atoms with Gasteiger partial charge in [-0.1, -0.05) is 53.7 Å². The lowest BCUT2D eigenvalue weighted by Crippen LogP contribution is -2.38. The smallest absolute Gasteiger partial charge is 0.338 e. The highest BCUT2D eigenvalue weighted by molar-refractivity contribution is 8.16. The summed E-state index contributed by atoms with van der Waals surface area (Å²) < 4.78 is 5.09. The number of rotatable bonds is 7. The van der Waals surface area contributed by atoms with Gasteiger partial charge in [0.25, 0.3) is 0 Å². The number of hydrogen-bond acceptors (Lipinski definition) is 6. The van der Waals surface area contributed by atoms with E-state index < -0.39 is 12.0 Å². The van der Waals surface area contributed by atoms with Crippen LogP contribution in [0.25, 0.3) is 10.9 Å².